The zero-order valence-corrected chi connectivity index (χ0v) is 18.4. The van der Waals surface area contributed by atoms with E-state index in [0.717, 1.165) is 11.3 Å². The first-order valence-corrected chi connectivity index (χ1v) is 10.2. The maximum Gasteiger partial charge on any atom is 0.271 e. The molecule has 1 aliphatic heterocycles. The second-order valence-electron chi connectivity index (χ2n) is 9.07. The standard InChI is InChI=1S/C23H24N6O3/c1-13-17(12-26-27(13)4)20-16(11-24)22(25)28(14-6-5-7-15(8-14)29(31)32)18-9-23(2,3)10-19(30)21(18)20/h5-8,12,20H,9-10,25H2,1-4H3/t20-/m1/s1. The summed E-state index contributed by atoms with van der Waals surface area (Å²) in [6.45, 7) is 5.90. The predicted molar refractivity (Wildman–Crippen MR) is 118 cm³/mol. The first-order valence-electron chi connectivity index (χ1n) is 10.2. The number of carbonyl (C=O) groups excluding carboxylic acids is 1. The lowest BCUT2D eigenvalue weighted by molar-refractivity contribution is -0.384. The summed E-state index contributed by atoms with van der Waals surface area (Å²) in [4.78, 5) is 26.0. The minimum absolute atomic E-state index is 0.0554. The quantitative estimate of drug-likeness (QED) is 0.579. The number of hydrogen-bond donors (Lipinski definition) is 1. The third-order valence-corrected chi connectivity index (χ3v) is 6.26. The first-order chi connectivity index (χ1) is 15.1. The van der Waals surface area contributed by atoms with Crippen LogP contribution in [0.5, 0.6) is 0 Å². The van der Waals surface area contributed by atoms with Gasteiger partial charge in [-0.15, -0.1) is 0 Å². The fourth-order valence-corrected chi connectivity index (χ4v) is 4.66. The van der Waals surface area contributed by atoms with E-state index in [1.165, 1.54) is 12.1 Å². The van der Waals surface area contributed by atoms with Gasteiger partial charge in [-0.1, -0.05) is 19.9 Å². The predicted octanol–water partition coefficient (Wildman–Crippen LogP) is 3.58. The molecule has 9 nitrogen and oxygen atoms in total. The van der Waals surface area contributed by atoms with E-state index in [2.05, 4.69) is 11.2 Å². The molecule has 2 aromatic rings. The highest BCUT2D eigenvalue weighted by Crippen LogP contribution is 2.50. The number of aromatic nitrogens is 2. The molecule has 9 heteroatoms. The van der Waals surface area contributed by atoms with Crippen molar-refractivity contribution < 1.29 is 9.72 Å². The second-order valence-corrected chi connectivity index (χ2v) is 9.07. The summed E-state index contributed by atoms with van der Waals surface area (Å²) in [5.74, 6) is -0.507. The van der Waals surface area contributed by atoms with E-state index in [0.29, 0.717) is 29.8 Å². The topological polar surface area (TPSA) is 131 Å². The summed E-state index contributed by atoms with van der Waals surface area (Å²) in [6.07, 6.45) is 2.54. The lowest BCUT2D eigenvalue weighted by atomic mass is 9.68. The Morgan fingerprint density at radius 2 is 2.06 bits per heavy atom. The average molecular weight is 432 g/mol. The number of nitrogens with two attached hydrogens (primary N) is 1. The van der Waals surface area contributed by atoms with Crippen molar-refractivity contribution in [3.63, 3.8) is 0 Å². The third-order valence-electron chi connectivity index (χ3n) is 6.26. The molecular formula is C23H24N6O3. The molecule has 2 N–H and O–H groups in total. The molecule has 0 bridgehead atoms. The molecule has 1 aliphatic carbocycles. The number of rotatable bonds is 3. The van der Waals surface area contributed by atoms with Crippen LogP contribution in [0.25, 0.3) is 0 Å². The molecule has 2 heterocycles. The maximum absolute atomic E-state index is 13.5. The number of carbonyl (C=O) groups is 1. The number of benzene rings is 1. The van der Waals surface area contributed by atoms with E-state index in [9.17, 15) is 20.2 Å². The summed E-state index contributed by atoms with van der Waals surface area (Å²) in [6, 6.07) is 8.28. The Morgan fingerprint density at radius 3 is 2.66 bits per heavy atom. The van der Waals surface area contributed by atoms with Gasteiger partial charge in [-0.05, 0) is 24.8 Å². The van der Waals surface area contributed by atoms with Crippen molar-refractivity contribution in [1.82, 2.24) is 9.78 Å². The van der Waals surface area contributed by atoms with Crippen LogP contribution in [0.2, 0.25) is 0 Å². The number of non-ortho nitro benzene ring substituents is 1. The van der Waals surface area contributed by atoms with Gasteiger partial charge in [0.15, 0.2) is 5.78 Å². The van der Waals surface area contributed by atoms with Crippen LogP contribution < -0.4 is 10.6 Å². The highest BCUT2D eigenvalue weighted by atomic mass is 16.6. The van der Waals surface area contributed by atoms with Gasteiger partial charge < -0.3 is 5.73 Å². The van der Waals surface area contributed by atoms with E-state index in [4.69, 9.17) is 5.73 Å². The number of aryl methyl sites for hydroxylation is 1. The monoisotopic (exact) mass is 432 g/mol. The first kappa shape index (κ1) is 21.3. The second kappa shape index (κ2) is 7.34. The molecule has 0 radical (unpaired) electrons. The van der Waals surface area contributed by atoms with Gasteiger partial charge in [0.05, 0.1) is 34.4 Å². The molecule has 1 aromatic heterocycles. The van der Waals surface area contributed by atoms with Crippen molar-refractivity contribution in [2.45, 2.75) is 39.5 Å². The molecule has 1 aromatic carbocycles. The van der Waals surface area contributed by atoms with Crippen LogP contribution in [0.3, 0.4) is 0 Å². The molecule has 164 valence electrons. The van der Waals surface area contributed by atoms with E-state index in [-0.39, 0.29) is 28.3 Å². The summed E-state index contributed by atoms with van der Waals surface area (Å²) in [5, 5.41) is 25.8. The minimum atomic E-state index is -0.623. The highest BCUT2D eigenvalue weighted by molar-refractivity contribution is 6.01. The van der Waals surface area contributed by atoms with Crippen LogP contribution in [-0.4, -0.2) is 20.5 Å². The van der Waals surface area contributed by atoms with Crippen LogP contribution in [0, 0.1) is 33.8 Å². The fourth-order valence-electron chi connectivity index (χ4n) is 4.66. The van der Waals surface area contributed by atoms with E-state index in [1.807, 2.05) is 20.8 Å². The molecule has 0 spiro atoms. The molecular weight excluding hydrogens is 408 g/mol. The zero-order valence-electron chi connectivity index (χ0n) is 18.4. The molecule has 0 unspecified atom stereocenters. The van der Waals surface area contributed by atoms with Gasteiger partial charge in [-0.25, -0.2) is 0 Å². The number of Topliss-reactive ketones (excluding diaryl/α,β-unsaturated/α-hetero) is 1. The number of ketones is 1. The Hall–Kier alpha value is -3.93. The van der Waals surface area contributed by atoms with Crippen molar-refractivity contribution >= 4 is 17.2 Å². The van der Waals surface area contributed by atoms with Gasteiger partial charge in [0.1, 0.15) is 5.82 Å². The average Bonchev–Trinajstić information content (AvgIpc) is 3.04. The number of nitro groups is 1. The SMILES string of the molecule is Cc1c([C@H]2C(C#N)=C(N)N(c3cccc([N+](=O)[O-])c3)C3=C2C(=O)CC(C)(C)C3)cnn1C. The number of allylic oxidation sites excluding steroid dienone is 3. The Labute approximate surface area is 185 Å². The van der Waals surface area contributed by atoms with Crippen LogP contribution in [0.4, 0.5) is 11.4 Å². The van der Waals surface area contributed by atoms with Gasteiger partial charge in [0, 0.05) is 48.1 Å². The molecule has 32 heavy (non-hydrogen) atoms. The summed E-state index contributed by atoms with van der Waals surface area (Å²) >= 11 is 0. The largest absolute Gasteiger partial charge is 0.384 e. The number of nitro benzene ring substituents is 1. The molecule has 2 aliphatic rings. The lowest BCUT2D eigenvalue weighted by Crippen LogP contribution is -2.42. The van der Waals surface area contributed by atoms with Crippen LogP contribution in [-0.2, 0) is 11.8 Å². The van der Waals surface area contributed by atoms with Crippen LogP contribution >= 0.6 is 0 Å². The molecule has 0 fully saturated rings. The molecule has 0 saturated carbocycles. The molecule has 0 amide bonds. The summed E-state index contributed by atoms with van der Waals surface area (Å²) in [7, 11) is 1.80. The Kier molecular flexibility index (Phi) is 4.89. The Morgan fingerprint density at radius 1 is 1.34 bits per heavy atom. The van der Waals surface area contributed by atoms with Crippen molar-refractivity contribution in [1.29, 1.82) is 5.26 Å². The van der Waals surface area contributed by atoms with Crippen LogP contribution in [0.15, 0.2) is 53.1 Å². The van der Waals surface area contributed by atoms with Gasteiger partial charge in [0.2, 0.25) is 0 Å². The normalized spacial score (nSPS) is 20.3. The van der Waals surface area contributed by atoms with Crippen molar-refractivity contribution in [3.8, 4) is 6.07 Å². The molecule has 4 rings (SSSR count). The summed E-state index contributed by atoms with van der Waals surface area (Å²) < 4.78 is 1.70. The fraction of sp³-hybridized carbons (Fsp3) is 0.348. The lowest BCUT2D eigenvalue weighted by Gasteiger charge is -2.43. The summed E-state index contributed by atoms with van der Waals surface area (Å²) in [5.41, 5.74) is 9.60. The van der Waals surface area contributed by atoms with Gasteiger partial charge in [-0.2, -0.15) is 10.4 Å². The number of anilines is 1. The van der Waals surface area contributed by atoms with Crippen molar-refractivity contribution in [3.05, 3.63) is 74.5 Å². The minimum Gasteiger partial charge on any atom is -0.384 e. The Bertz CT molecular complexity index is 1260. The third kappa shape index (κ3) is 3.24. The van der Waals surface area contributed by atoms with Crippen molar-refractivity contribution in [2.75, 3.05) is 4.90 Å². The van der Waals surface area contributed by atoms with Gasteiger partial charge in [-0.3, -0.25) is 24.5 Å². The zero-order chi connectivity index (χ0) is 23.4. The van der Waals surface area contributed by atoms with Crippen LogP contribution in [0.1, 0.15) is 43.9 Å². The number of hydrogen-bond acceptors (Lipinski definition) is 7. The Balaban J connectivity index is 2.02. The van der Waals surface area contributed by atoms with E-state index < -0.39 is 10.8 Å². The van der Waals surface area contributed by atoms with Gasteiger partial charge in [0.25, 0.3) is 5.69 Å². The number of nitriles is 1. The smallest absolute Gasteiger partial charge is 0.271 e. The van der Waals surface area contributed by atoms with Gasteiger partial charge >= 0.3 is 0 Å². The number of nitrogens with zero attached hydrogens (tertiary/aromatic N) is 5. The van der Waals surface area contributed by atoms with E-state index in [1.54, 1.807) is 35.0 Å². The van der Waals surface area contributed by atoms with E-state index >= 15 is 0 Å². The maximum atomic E-state index is 13.5. The molecule has 0 saturated heterocycles. The molecule has 1 atom stereocenters. The van der Waals surface area contributed by atoms with Crippen molar-refractivity contribution in [2.24, 2.45) is 18.2 Å². The highest BCUT2D eigenvalue weighted by Gasteiger charge is 2.45.